The Balaban J connectivity index is 0.000000182. The van der Waals surface area contributed by atoms with E-state index in [1.54, 1.807) is 72.0 Å². The van der Waals surface area contributed by atoms with Crippen molar-refractivity contribution in [1.82, 2.24) is 68.9 Å². The number of nitrogens with zero attached hydrogens (tertiary/aromatic N) is 12. The van der Waals surface area contributed by atoms with E-state index in [4.69, 9.17) is 42.6 Å². The van der Waals surface area contributed by atoms with Crippen LogP contribution in [0.4, 0.5) is 64.3 Å². The molecule has 12 aromatic rings. The monoisotopic (exact) mass is 1700 g/mol. The molecule has 24 nitrogen and oxygen atoms in total. The van der Waals surface area contributed by atoms with Crippen LogP contribution in [0.5, 0.6) is 0 Å². The molecule has 4 aliphatic rings. The average Bonchev–Trinajstić information content (AvgIpc) is 1.52. The van der Waals surface area contributed by atoms with Crippen LogP contribution >= 0.6 is 23.2 Å². The van der Waals surface area contributed by atoms with Crippen LogP contribution in [0.2, 0.25) is 10.0 Å². The summed E-state index contributed by atoms with van der Waals surface area (Å²) in [7, 11) is -4.51. The van der Waals surface area contributed by atoms with Crippen molar-refractivity contribution < 1.29 is 88.6 Å². The second-order valence-electron chi connectivity index (χ2n) is 29.2. The highest BCUT2D eigenvalue weighted by atomic mass is 35.5. The largest absolute Gasteiger partial charge is 0.361 e. The van der Waals surface area contributed by atoms with Crippen molar-refractivity contribution in [3.05, 3.63) is 187 Å². The van der Waals surface area contributed by atoms with Gasteiger partial charge in [-0.3, -0.25) is 37.8 Å². The number of aromatic nitrogens is 12. The summed E-state index contributed by atoms with van der Waals surface area (Å²) in [5, 5.41) is 23.8. The number of alkyl halides is 8. The third-order valence-electron chi connectivity index (χ3n) is 20.7. The molecule has 16 rings (SSSR count). The van der Waals surface area contributed by atoms with E-state index in [0.717, 1.165) is 49.6 Å². The van der Waals surface area contributed by atoms with Gasteiger partial charge in [-0.05, 0) is 122 Å². The van der Waals surface area contributed by atoms with Crippen molar-refractivity contribution in [2.75, 3.05) is 35.2 Å². The van der Waals surface area contributed by atoms with E-state index in [0.29, 0.717) is 90.1 Å². The smallest absolute Gasteiger partial charge is 0.293 e. The molecule has 0 bridgehead atoms. The first kappa shape index (κ1) is 80.9. The molecule has 8 aromatic heterocycles. The number of carbonyl (C=O) groups excluding carboxylic acids is 2. The summed E-state index contributed by atoms with van der Waals surface area (Å²) in [6.45, 7) is 3.17. The highest BCUT2D eigenvalue weighted by Gasteiger charge is 2.68. The maximum Gasteiger partial charge on any atom is 0.293 e. The van der Waals surface area contributed by atoms with E-state index >= 15 is 17.6 Å². The highest BCUT2D eigenvalue weighted by molar-refractivity contribution is 7.92. The lowest BCUT2D eigenvalue weighted by Crippen LogP contribution is -2.35. The molecular formula is C76H70Cl2F12N16O8S2. The van der Waals surface area contributed by atoms with Crippen LogP contribution in [0, 0.1) is 35.1 Å². The number of carbonyl (C=O) groups is 2. The van der Waals surface area contributed by atoms with Crippen molar-refractivity contribution in [2.45, 2.75) is 128 Å². The fourth-order valence-corrected chi connectivity index (χ4v) is 17.5. The fraction of sp³-hybridized carbons (Fsp3) is 0.368. The Morgan fingerprint density at radius 1 is 0.534 bits per heavy atom. The van der Waals surface area contributed by atoms with Gasteiger partial charge in [0.1, 0.15) is 83.9 Å². The number of amides is 2. The van der Waals surface area contributed by atoms with Crippen LogP contribution < -0.4 is 20.1 Å². The van der Waals surface area contributed by atoms with E-state index in [2.05, 4.69) is 40.5 Å². The minimum absolute atomic E-state index is 0.0342. The molecule has 116 heavy (non-hydrogen) atoms. The van der Waals surface area contributed by atoms with Gasteiger partial charge in [-0.2, -0.15) is 38.0 Å². The molecule has 2 fully saturated rings. The second-order valence-corrected chi connectivity index (χ2v) is 33.5. The van der Waals surface area contributed by atoms with Crippen molar-refractivity contribution in [3.63, 3.8) is 0 Å². The van der Waals surface area contributed by atoms with Crippen molar-refractivity contribution in [1.29, 1.82) is 0 Å². The number of halogens is 14. The van der Waals surface area contributed by atoms with Gasteiger partial charge in [0, 0.05) is 108 Å². The van der Waals surface area contributed by atoms with Gasteiger partial charge in [0.25, 0.3) is 24.7 Å². The Labute approximate surface area is 662 Å². The molecule has 612 valence electrons. The summed E-state index contributed by atoms with van der Waals surface area (Å²) in [4.78, 5) is 38.1. The Bertz CT molecular complexity index is 5800. The predicted molar refractivity (Wildman–Crippen MR) is 404 cm³/mol. The van der Waals surface area contributed by atoms with Gasteiger partial charge >= 0.3 is 0 Å². The Morgan fingerprint density at radius 2 is 0.905 bits per heavy atom. The molecule has 6 atom stereocenters. The van der Waals surface area contributed by atoms with E-state index in [1.807, 2.05) is 13.8 Å². The van der Waals surface area contributed by atoms with Gasteiger partial charge in [0.15, 0.2) is 11.6 Å². The number of hydrogen-bond donors (Lipinski definition) is 4. The molecule has 0 saturated heterocycles. The Hall–Kier alpha value is -10.3. The minimum Gasteiger partial charge on any atom is -0.361 e. The highest BCUT2D eigenvalue weighted by Crippen LogP contribution is 2.69. The number of ether oxygens (including phenoxy) is 2. The number of anilines is 2. The quantitative estimate of drug-likeness (QED) is 0.0262. The third-order valence-corrected chi connectivity index (χ3v) is 22.4. The number of benzene rings is 4. The van der Waals surface area contributed by atoms with Gasteiger partial charge in [0.05, 0.1) is 67.8 Å². The summed E-state index contributed by atoms with van der Waals surface area (Å²) in [6.07, 6.45) is 0.0159. The second kappa shape index (κ2) is 30.6. The number of fused-ring (bicyclic) bond motifs is 10. The zero-order valence-corrected chi connectivity index (χ0v) is 65.2. The van der Waals surface area contributed by atoms with Crippen molar-refractivity contribution in [3.8, 4) is 22.3 Å². The molecule has 0 aliphatic heterocycles. The van der Waals surface area contributed by atoms with Crippen LogP contribution in [0.1, 0.15) is 133 Å². The molecular weight excluding hydrogens is 1630 g/mol. The van der Waals surface area contributed by atoms with Crippen LogP contribution in [0.25, 0.3) is 66.1 Å². The SMILES string of the molecule is CCCOCn1ccc2cc(-c3ccc(Cl)c4c(NS(C)(=O)=O)nn(C)c34)c(C(Cc3cc(F)cc(F)c3)NC(=O)Cn3nc(C(F)F)c4c3C(F)(F)[C@@H]3C[C@H]43)nc21.CCCOCn1ccc2cc(-c3ccc(Cl)c4c(NS(C)(=O)=O)nn(C)c34)c([C@H](Cc3cc(F)cc(F)c3)NC(=O)Cn3nc(C(F)F)c4c3C(F)(F)[C@@H]3C[C@H]43)nc21. The zero-order chi connectivity index (χ0) is 82.8. The molecule has 40 heteroatoms. The van der Waals surface area contributed by atoms with Gasteiger partial charge in [-0.15, -0.1) is 0 Å². The van der Waals surface area contributed by atoms with Crippen molar-refractivity contribution in [2.24, 2.45) is 25.9 Å². The fourth-order valence-electron chi connectivity index (χ4n) is 16.0. The van der Waals surface area contributed by atoms with E-state index in [-0.39, 0.29) is 105 Å². The summed E-state index contributed by atoms with van der Waals surface area (Å²) in [6, 6.07) is 16.5. The number of hydrogen-bond acceptors (Lipinski definition) is 14. The summed E-state index contributed by atoms with van der Waals surface area (Å²) in [5.41, 5.74) is -0.101. The lowest BCUT2D eigenvalue weighted by molar-refractivity contribution is -0.123. The molecule has 2 saturated carbocycles. The number of pyridine rings is 2. The Kier molecular flexibility index (Phi) is 21.4. The maximum atomic E-state index is 15.5. The summed E-state index contributed by atoms with van der Waals surface area (Å²) < 4.78 is 250. The van der Waals surface area contributed by atoms with E-state index in [1.165, 1.54) is 21.5 Å². The first-order chi connectivity index (χ1) is 54.9. The van der Waals surface area contributed by atoms with Gasteiger partial charge in [-0.25, -0.2) is 61.9 Å². The predicted octanol–water partition coefficient (Wildman–Crippen LogP) is 15.4. The first-order valence-corrected chi connectivity index (χ1v) is 40.9. The number of nitrogens with one attached hydrogen (secondary N) is 4. The number of rotatable bonds is 28. The lowest BCUT2D eigenvalue weighted by Gasteiger charge is -2.23. The molecule has 8 heterocycles. The van der Waals surface area contributed by atoms with Crippen LogP contribution in [-0.4, -0.2) is 113 Å². The normalized spacial score (nSPS) is 17.6. The molecule has 4 N–H and O–H groups in total. The molecule has 0 spiro atoms. The topological polar surface area (TPSA) is 276 Å². The average molecular weight is 1700 g/mol. The van der Waals surface area contributed by atoms with E-state index < -0.39 is 151 Å². The van der Waals surface area contributed by atoms with E-state index in [9.17, 15) is 61.5 Å². The third kappa shape index (κ3) is 15.5. The van der Waals surface area contributed by atoms with Crippen LogP contribution in [0.15, 0.2) is 97.3 Å². The Morgan fingerprint density at radius 3 is 1.25 bits per heavy atom. The summed E-state index contributed by atoms with van der Waals surface area (Å²) in [5.74, 6) is -16.5. The van der Waals surface area contributed by atoms with Gasteiger partial charge < -0.3 is 29.2 Å². The summed E-state index contributed by atoms with van der Waals surface area (Å²) >= 11 is 13.3. The maximum absolute atomic E-state index is 15.5. The molecule has 4 aliphatic carbocycles. The van der Waals surface area contributed by atoms with Crippen LogP contribution in [-0.2, 0) is 104 Å². The lowest BCUT2D eigenvalue weighted by atomic mass is 9.93. The van der Waals surface area contributed by atoms with Crippen molar-refractivity contribution >= 4 is 111 Å². The zero-order valence-electron chi connectivity index (χ0n) is 62.1. The molecule has 0 radical (unpaired) electrons. The number of sulfonamides is 2. The molecule has 1 unspecified atom stereocenters. The molecule has 2 amide bonds. The molecule has 4 aromatic carbocycles. The van der Waals surface area contributed by atoms with Gasteiger partial charge in [-0.1, -0.05) is 49.2 Å². The standard InChI is InChI=1S/2C38H35ClF6N8O4S/c2*1-4-9-57-17-52-8-7-19-13-23(22-5-6-26(39)30-33(22)51(2)49-36(30)50-58(3,55)56)31(47-37(19)52)27(12-18-10-20(40)14-21(41)11-18)46-28(54)16-53-34-29(32(48-53)35(42)43)24-15-25(24)38(34,44)45/h2*5-8,10-11,13-14,24-25,27,35H,4,9,12,15-17H2,1-3H3,(H,46,54)(H,49,50)/t24-,25+,27?;24-,25+,27-/m00/s1. The van der Waals surface area contributed by atoms with Crippen LogP contribution in [0.3, 0.4) is 0 Å². The minimum atomic E-state index is -3.82. The van der Waals surface area contributed by atoms with Gasteiger partial charge in [0.2, 0.25) is 31.9 Å². The number of aryl methyl sites for hydroxylation is 2. The first-order valence-electron chi connectivity index (χ1n) is 36.3.